The molecule has 0 N–H and O–H groups in total. The summed E-state index contributed by atoms with van der Waals surface area (Å²) in [4.78, 5) is 25.2. The van der Waals surface area contributed by atoms with Crippen molar-refractivity contribution in [2.24, 2.45) is 5.92 Å². The van der Waals surface area contributed by atoms with Gasteiger partial charge in [-0.1, -0.05) is 0 Å². The van der Waals surface area contributed by atoms with Crippen LogP contribution in [-0.2, 0) is 6.54 Å². The fraction of sp³-hybridized carbons (Fsp3) is 0.421. The second-order valence-corrected chi connectivity index (χ2v) is 7.90. The van der Waals surface area contributed by atoms with Crippen LogP contribution >= 0.6 is 15.9 Å². The van der Waals surface area contributed by atoms with E-state index < -0.39 is 0 Å². The molecule has 1 saturated carbocycles. The fourth-order valence-corrected chi connectivity index (χ4v) is 3.63. The molecule has 2 aliphatic rings. The second-order valence-electron chi connectivity index (χ2n) is 6.98. The molecule has 2 aromatic heterocycles. The number of nitrogens with zero attached hydrogens (tertiary/aromatic N) is 4. The minimum absolute atomic E-state index is 0.0698. The standard InChI is InChI=1S/C19H21BrN4O/c20-17-7-16(8-22-9-17)19(25)24-12-18(13-24)23(10-14-1-2-14)11-15-3-5-21-6-4-15/h3-9,14,18H,1-2,10-13H2. The second kappa shape index (κ2) is 7.22. The maximum absolute atomic E-state index is 12.6. The molecule has 1 aliphatic heterocycles. The van der Waals surface area contributed by atoms with Gasteiger partial charge in [-0.25, -0.2) is 0 Å². The molecule has 0 radical (unpaired) electrons. The predicted molar refractivity (Wildman–Crippen MR) is 99.0 cm³/mol. The molecule has 1 amide bonds. The van der Waals surface area contributed by atoms with E-state index in [1.54, 1.807) is 12.4 Å². The Balaban J connectivity index is 1.38. The first-order chi connectivity index (χ1) is 12.2. The molecule has 0 unspecified atom stereocenters. The van der Waals surface area contributed by atoms with E-state index in [9.17, 15) is 4.79 Å². The van der Waals surface area contributed by atoms with Crippen LogP contribution in [-0.4, -0.2) is 51.4 Å². The maximum atomic E-state index is 12.6. The number of amides is 1. The number of likely N-dealkylation sites (tertiary alicyclic amines) is 1. The molecule has 2 aromatic rings. The number of pyridine rings is 2. The zero-order chi connectivity index (χ0) is 17.2. The molecular formula is C19H21BrN4O. The van der Waals surface area contributed by atoms with Crippen LogP contribution in [0.2, 0.25) is 0 Å². The zero-order valence-corrected chi connectivity index (χ0v) is 15.6. The van der Waals surface area contributed by atoms with Crippen LogP contribution < -0.4 is 0 Å². The maximum Gasteiger partial charge on any atom is 0.255 e. The summed E-state index contributed by atoms with van der Waals surface area (Å²) < 4.78 is 0.837. The minimum atomic E-state index is 0.0698. The van der Waals surface area contributed by atoms with Crippen LogP contribution in [0, 0.1) is 5.92 Å². The van der Waals surface area contributed by atoms with E-state index in [0.717, 1.165) is 36.6 Å². The summed E-state index contributed by atoms with van der Waals surface area (Å²) in [7, 11) is 0. The van der Waals surface area contributed by atoms with Crippen LogP contribution in [0.15, 0.2) is 47.5 Å². The lowest BCUT2D eigenvalue weighted by Crippen LogP contribution is -2.61. The van der Waals surface area contributed by atoms with Crippen molar-refractivity contribution in [2.45, 2.75) is 25.4 Å². The number of hydrogen-bond donors (Lipinski definition) is 0. The van der Waals surface area contributed by atoms with Crippen LogP contribution in [0.25, 0.3) is 0 Å². The number of carbonyl (C=O) groups excluding carboxylic acids is 1. The summed E-state index contributed by atoms with van der Waals surface area (Å²) in [5.41, 5.74) is 1.94. The number of rotatable bonds is 6. The summed E-state index contributed by atoms with van der Waals surface area (Å²) >= 11 is 3.38. The molecule has 0 spiro atoms. The SMILES string of the molecule is O=C(c1cncc(Br)c1)N1CC(N(Cc2ccncc2)CC2CC2)C1. The Morgan fingerprint density at radius 3 is 2.64 bits per heavy atom. The van der Waals surface area contributed by atoms with Gasteiger partial charge in [0.05, 0.1) is 5.56 Å². The van der Waals surface area contributed by atoms with Gasteiger partial charge in [-0.2, -0.15) is 0 Å². The van der Waals surface area contributed by atoms with Gasteiger partial charge in [-0.15, -0.1) is 0 Å². The van der Waals surface area contributed by atoms with Crippen molar-refractivity contribution < 1.29 is 4.79 Å². The Labute approximate surface area is 156 Å². The third-order valence-electron chi connectivity index (χ3n) is 4.94. The summed E-state index contributed by atoms with van der Waals surface area (Å²) in [5.74, 6) is 0.904. The van der Waals surface area contributed by atoms with Crippen LogP contribution in [0.4, 0.5) is 0 Å². The number of halogens is 1. The molecule has 130 valence electrons. The van der Waals surface area contributed by atoms with Crippen LogP contribution in [0.3, 0.4) is 0 Å². The van der Waals surface area contributed by atoms with Gasteiger partial charge in [-0.3, -0.25) is 19.7 Å². The van der Waals surface area contributed by atoms with Gasteiger partial charge in [0, 0.05) is 61.5 Å². The highest BCUT2D eigenvalue weighted by Crippen LogP contribution is 2.32. The summed E-state index contributed by atoms with van der Waals surface area (Å²) in [6, 6.07) is 6.43. The summed E-state index contributed by atoms with van der Waals surface area (Å²) in [6.07, 6.45) is 9.71. The van der Waals surface area contributed by atoms with Gasteiger partial charge >= 0.3 is 0 Å². The first-order valence-electron chi connectivity index (χ1n) is 8.72. The summed E-state index contributed by atoms with van der Waals surface area (Å²) in [6.45, 7) is 3.66. The van der Waals surface area contributed by atoms with Gasteiger partial charge in [0.25, 0.3) is 5.91 Å². The van der Waals surface area contributed by atoms with Crippen LogP contribution in [0.5, 0.6) is 0 Å². The first-order valence-corrected chi connectivity index (χ1v) is 9.51. The van der Waals surface area contributed by atoms with E-state index in [-0.39, 0.29) is 5.91 Å². The Morgan fingerprint density at radius 1 is 1.20 bits per heavy atom. The van der Waals surface area contributed by atoms with E-state index in [4.69, 9.17) is 0 Å². The Bertz CT molecular complexity index is 744. The van der Waals surface area contributed by atoms with Gasteiger partial charge in [0.15, 0.2) is 0 Å². The van der Waals surface area contributed by atoms with Crippen molar-refractivity contribution in [2.75, 3.05) is 19.6 Å². The molecule has 0 atom stereocenters. The average Bonchev–Trinajstić information content (AvgIpc) is 3.38. The van der Waals surface area contributed by atoms with Gasteiger partial charge in [-0.05, 0) is 58.5 Å². The van der Waals surface area contributed by atoms with E-state index in [2.05, 4.69) is 42.9 Å². The lowest BCUT2D eigenvalue weighted by Gasteiger charge is -2.45. The molecule has 25 heavy (non-hydrogen) atoms. The smallest absolute Gasteiger partial charge is 0.255 e. The Morgan fingerprint density at radius 2 is 1.96 bits per heavy atom. The molecule has 1 saturated heterocycles. The largest absolute Gasteiger partial charge is 0.335 e. The number of carbonyl (C=O) groups is 1. The predicted octanol–water partition coefficient (Wildman–Crippen LogP) is 2.98. The van der Waals surface area contributed by atoms with Crippen molar-refractivity contribution in [1.29, 1.82) is 0 Å². The molecule has 0 bridgehead atoms. The monoisotopic (exact) mass is 400 g/mol. The third kappa shape index (κ3) is 4.07. The van der Waals surface area contributed by atoms with E-state index >= 15 is 0 Å². The van der Waals surface area contributed by atoms with Gasteiger partial charge in [0.2, 0.25) is 0 Å². The lowest BCUT2D eigenvalue weighted by atomic mass is 10.0. The normalized spacial score (nSPS) is 17.6. The summed E-state index contributed by atoms with van der Waals surface area (Å²) in [5, 5.41) is 0. The van der Waals surface area contributed by atoms with Crippen molar-refractivity contribution in [3.8, 4) is 0 Å². The quantitative estimate of drug-likeness (QED) is 0.747. The highest BCUT2D eigenvalue weighted by molar-refractivity contribution is 9.10. The van der Waals surface area contributed by atoms with Gasteiger partial charge < -0.3 is 4.90 Å². The molecule has 4 rings (SSSR count). The molecule has 0 aromatic carbocycles. The van der Waals surface area contributed by atoms with Crippen LogP contribution in [0.1, 0.15) is 28.8 Å². The number of aromatic nitrogens is 2. The molecule has 1 aliphatic carbocycles. The Kier molecular flexibility index (Phi) is 4.81. The molecule has 2 fully saturated rings. The van der Waals surface area contributed by atoms with Gasteiger partial charge in [0.1, 0.15) is 0 Å². The molecule has 3 heterocycles. The van der Waals surface area contributed by atoms with E-state index in [0.29, 0.717) is 11.6 Å². The van der Waals surface area contributed by atoms with Crippen molar-refractivity contribution in [3.63, 3.8) is 0 Å². The highest BCUT2D eigenvalue weighted by atomic mass is 79.9. The molecule has 6 heteroatoms. The van der Waals surface area contributed by atoms with Crippen molar-refractivity contribution in [3.05, 3.63) is 58.6 Å². The highest BCUT2D eigenvalue weighted by Gasteiger charge is 2.37. The molecular weight excluding hydrogens is 380 g/mol. The Hall–Kier alpha value is -1.79. The topological polar surface area (TPSA) is 49.3 Å². The zero-order valence-electron chi connectivity index (χ0n) is 14.0. The average molecular weight is 401 g/mol. The molecule has 5 nitrogen and oxygen atoms in total. The van der Waals surface area contributed by atoms with Crippen molar-refractivity contribution in [1.82, 2.24) is 19.8 Å². The fourth-order valence-electron chi connectivity index (χ4n) is 3.26. The first kappa shape index (κ1) is 16.7. The minimum Gasteiger partial charge on any atom is -0.335 e. The lowest BCUT2D eigenvalue weighted by molar-refractivity contribution is 0.0219. The van der Waals surface area contributed by atoms with Crippen molar-refractivity contribution >= 4 is 21.8 Å². The van der Waals surface area contributed by atoms with E-state index in [1.807, 2.05) is 23.4 Å². The number of hydrogen-bond acceptors (Lipinski definition) is 4. The third-order valence-corrected chi connectivity index (χ3v) is 5.38. The van der Waals surface area contributed by atoms with E-state index in [1.165, 1.54) is 18.4 Å².